The number of ether oxygens (including phenoxy) is 1. The molecule has 0 unspecified atom stereocenters. The molecule has 1 aromatic carbocycles. The zero-order chi connectivity index (χ0) is 14.4. The number of hydrogen-bond donors (Lipinski definition) is 3. The summed E-state index contributed by atoms with van der Waals surface area (Å²) in [6.07, 6.45) is 5.19. The van der Waals surface area contributed by atoms with Crippen LogP contribution >= 0.6 is 0 Å². The number of carbonyl (C=O) groups is 1. The lowest BCUT2D eigenvalue weighted by Gasteiger charge is -2.13. The lowest BCUT2D eigenvalue weighted by Crippen LogP contribution is -2.29. The molecule has 0 atom stereocenters. The zero-order valence-electron chi connectivity index (χ0n) is 11.9. The van der Waals surface area contributed by atoms with E-state index in [1.165, 1.54) is 12.8 Å². The average Bonchev–Trinajstić information content (AvgIpc) is 2.96. The third kappa shape index (κ3) is 3.95. The fraction of sp³-hybridized carbons (Fsp3) is 0.533. The van der Waals surface area contributed by atoms with Crippen LogP contribution in [-0.4, -0.2) is 25.2 Å². The lowest BCUT2D eigenvalue weighted by molar-refractivity contribution is 0.0582. The standard InChI is InChI=1S/C15H23N3O2/c1-11-6-7-13(14(10-11)18-16)15(19)17-8-9-20-12-4-2-3-5-12/h6-7,10,12,18H,2-5,8-9,16H2,1H3,(H,17,19). The molecule has 1 aliphatic carbocycles. The predicted octanol–water partition coefficient (Wildman–Crippen LogP) is 1.97. The number of rotatable bonds is 6. The van der Waals surface area contributed by atoms with Gasteiger partial charge in [-0.05, 0) is 37.5 Å². The van der Waals surface area contributed by atoms with Gasteiger partial charge in [-0.15, -0.1) is 0 Å². The van der Waals surface area contributed by atoms with E-state index in [0.29, 0.717) is 30.5 Å². The van der Waals surface area contributed by atoms with Crippen LogP contribution in [0.4, 0.5) is 5.69 Å². The number of aryl methyl sites for hydroxylation is 1. The number of benzene rings is 1. The van der Waals surface area contributed by atoms with E-state index in [1.54, 1.807) is 6.07 Å². The molecule has 0 heterocycles. The van der Waals surface area contributed by atoms with Crippen molar-refractivity contribution in [2.24, 2.45) is 5.84 Å². The Morgan fingerprint density at radius 2 is 2.15 bits per heavy atom. The predicted molar refractivity (Wildman–Crippen MR) is 79.5 cm³/mol. The van der Waals surface area contributed by atoms with Gasteiger partial charge in [-0.25, -0.2) is 0 Å². The largest absolute Gasteiger partial charge is 0.376 e. The van der Waals surface area contributed by atoms with Crippen molar-refractivity contribution >= 4 is 11.6 Å². The molecule has 0 aromatic heterocycles. The number of hydrogen-bond acceptors (Lipinski definition) is 4. The average molecular weight is 277 g/mol. The highest BCUT2D eigenvalue weighted by molar-refractivity contribution is 5.99. The summed E-state index contributed by atoms with van der Waals surface area (Å²) in [7, 11) is 0. The molecule has 1 amide bonds. The fourth-order valence-electron chi connectivity index (χ4n) is 2.52. The van der Waals surface area contributed by atoms with Gasteiger partial charge >= 0.3 is 0 Å². The van der Waals surface area contributed by atoms with Crippen molar-refractivity contribution in [3.63, 3.8) is 0 Å². The molecule has 0 spiro atoms. The number of nitrogens with one attached hydrogen (secondary N) is 2. The summed E-state index contributed by atoms with van der Waals surface area (Å²) in [5, 5.41) is 2.86. The molecule has 1 aromatic rings. The SMILES string of the molecule is Cc1ccc(C(=O)NCCOC2CCCC2)c(NN)c1. The maximum Gasteiger partial charge on any atom is 0.253 e. The molecule has 110 valence electrons. The summed E-state index contributed by atoms with van der Waals surface area (Å²) in [5.74, 6) is 5.31. The van der Waals surface area contributed by atoms with Crippen LogP contribution in [-0.2, 0) is 4.74 Å². The molecule has 1 aliphatic rings. The molecule has 20 heavy (non-hydrogen) atoms. The van der Waals surface area contributed by atoms with Gasteiger partial charge < -0.3 is 15.5 Å². The molecular weight excluding hydrogens is 254 g/mol. The molecule has 1 fully saturated rings. The van der Waals surface area contributed by atoms with E-state index in [0.717, 1.165) is 18.4 Å². The molecule has 0 bridgehead atoms. The van der Waals surface area contributed by atoms with Gasteiger partial charge in [-0.3, -0.25) is 10.6 Å². The first kappa shape index (κ1) is 14.8. The molecule has 0 radical (unpaired) electrons. The van der Waals surface area contributed by atoms with Crippen molar-refractivity contribution in [1.29, 1.82) is 0 Å². The number of nitrogens with two attached hydrogens (primary N) is 1. The number of nitrogen functional groups attached to an aromatic ring is 1. The Kier molecular flexibility index (Phi) is 5.38. The van der Waals surface area contributed by atoms with E-state index in [-0.39, 0.29) is 5.91 Å². The molecule has 0 saturated heterocycles. The van der Waals surface area contributed by atoms with Crippen LogP contribution in [0.2, 0.25) is 0 Å². The van der Waals surface area contributed by atoms with Crippen LogP contribution < -0.4 is 16.6 Å². The zero-order valence-corrected chi connectivity index (χ0v) is 11.9. The normalized spacial score (nSPS) is 15.3. The number of carbonyl (C=O) groups excluding carboxylic acids is 1. The maximum atomic E-state index is 12.1. The van der Waals surface area contributed by atoms with E-state index < -0.39 is 0 Å². The van der Waals surface area contributed by atoms with Gasteiger partial charge in [0, 0.05) is 6.54 Å². The minimum absolute atomic E-state index is 0.132. The van der Waals surface area contributed by atoms with Crippen molar-refractivity contribution < 1.29 is 9.53 Å². The van der Waals surface area contributed by atoms with E-state index in [4.69, 9.17) is 10.6 Å². The number of anilines is 1. The van der Waals surface area contributed by atoms with E-state index in [1.807, 2.05) is 19.1 Å². The van der Waals surface area contributed by atoms with Crippen molar-refractivity contribution in [3.8, 4) is 0 Å². The van der Waals surface area contributed by atoms with Gasteiger partial charge in [-0.2, -0.15) is 0 Å². The minimum atomic E-state index is -0.132. The Labute approximate surface area is 119 Å². The highest BCUT2D eigenvalue weighted by Crippen LogP contribution is 2.20. The van der Waals surface area contributed by atoms with Crippen molar-refractivity contribution in [2.75, 3.05) is 18.6 Å². The van der Waals surface area contributed by atoms with Crippen molar-refractivity contribution in [3.05, 3.63) is 29.3 Å². The Morgan fingerprint density at radius 3 is 2.85 bits per heavy atom. The number of amides is 1. The van der Waals surface area contributed by atoms with Crippen molar-refractivity contribution in [2.45, 2.75) is 38.7 Å². The fourth-order valence-corrected chi connectivity index (χ4v) is 2.52. The van der Waals surface area contributed by atoms with Gasteiger partial charge in [0.15, 0.2) is 0 Å². The van der Waals surface area contributed by atoms with Crippen LogP contribution in [0.1, 0.15) is 41.6 Å². The second-order valence-corrected chi connectivity index (χ2v) is 5.23. The molecular formula is C15H23N3O2. The van der Waals surface area contributed by atoms with Gasteiger partial charge in [0.1, 0.15) is 0 Å². The minimum Gasteiger partial charge on any atom is -0.376 e. The molecule has 0 aliphatic heterocycles. The summed E-state index contributed by atoms with van der Waals surface area (Å²) in [6, 6.07) is 5.52. The van der Waals surface area contributed by atoms with Gasteiger partial charge in [0.25, 0.3) is 5.91 Å². The molecule has 4 N–H and O–H groups in total. The monoisotopic (exact) mass is 277 g/mol. The maximum absolute atomic E-state index is 12.1. The molecule has 5 heteroatoms. The van der Waals surface area contributed by atoms with E-state index >= 15 is 0 Å². The first-order valence-electron chi connectivity index (χ1n) is 7.18. The highest BCUT2D eigenvalue weighted by atomic mass is 16.5. The van der Waals surface area contributed by atoms with Gasteiger partial charge in [0.05, 0.1) is 24.0 Å². The van der Waals surface area contributed by atoms with Gasteiger partial charge in [0.2, 0.25) is 0 Å². The molecule has 1 saturated carbocycles. The Bertz CT molecular complexity index is 456. The highest BCUT2D eigenvalue weighted by Gasteiger charge is 2.15. The second kappa shape index (κ2) is 7.26. The molecule has 2 rings (SSSR count). The van der Waals surface area contributed by atoms with Crippen molar-refractivity contribution in [1.82, 2.24) is 5.32 Å². The molecule has 5 nitrogen and oxygen atoms in total. The Hall–Kier alpha value is -1.59. The summed E-state index contributed by atoms with van der Waals surface area (Å²) in [5.41, 5.74) is 4.81. The topological polar surface area (TPSA) is 76.4 Å². The first-order chi connectivity index (χ1) is 9.70. The lowest BCUT2D eigenvalue weighted by atomic mass is 10.1. The van der Waals surface area contributed by atoms with Crippen LogP contribution in [0, 0.1) is 6.92 Å². The number of hydrazine groups is 1. The quantitative estimate of drug-likeness (QED) is 0.422. The van der Waals surface area contributed by atoms with Crippen LogP contribution in [0.5, 0.6) is 0 Å². The summed E-state index contributed by atoms with van der Waals surface area (Å²) in [4.78, 5) is 12.1. The Balaban J connectivity index is 1.79. The smallest absolute Gasteiger partial charge is 0.253 e. The van der Waals surface area contributed by atoms with Crippen LogP contribution in [0.15, 0.2) is 18.2 Å². The van der Waals surface area contributed by atoms with Crippen LogP contribution in [0.25, 0.3) is 0 Å². The van der Waals surface area contributed by atoms with Crippen LogP contribution in [0.3, 0.4) is 0 Å². The first-order valence-corrected chi connectivity index (χ1v) is 7.18. The summed E-state index contributed by atoms with van der Waals surface area (Å²) < 4.78 is 5.71. The third-order valence-electron chi connectivity index (χ3n) is 3.62. The summed E-state index contributed by atoms with van der Waals surface area (Å²) >= 11 is 0. The second-order valence-electron chi connectivity index (χ2n) is 5.23. The Morgan fingerprint density at radius 1 is 1.40 bits per heavy atom. The van der Waals surface area contributed by atoms with E-state index in [9.17, 15) is 4.79 Å². The summed E-state index contributed by atoms with van der Waals surface area (Å²) in [6.45, 7) is 3.04. The third-order valence-corrected chi connectivity index (χ3v) is 3.62. The van der Waals surface area contributed by atoms with Gasteiger partial charge in [-0.1, -0.05) is 18.9 Å². The van der Waals surface area contributed by atoms with E-state index in [2.05, 4.69) is 10.7 Å².